The number of rotatable bonds is 2. The van der Waals surface area contributed by atoms with Crippen LogP contribution in [0.25, 0.3) is 11.0 Å². The van der Waals surface area contributed by atoms with Crippen molar-refractivity contribution in [2.24, 2.45) is 7.05 Å². The summed E-state index contributed by atoms with van der Waals surface area (Å²) in [4.78, 5) is 24.7. The number of hydrogen-bond acceptors (Lipinski definition) is 3. The van der Waals surface area contributed by atoms with Crippen molar-refractivity contribution in [3.05, 3.63) is 59.2 Å². The van der Waals surface area contributed by atoms with Crippen LogP contribution in [-0.4, -0.2) is 31.9 Å². The number of nitrogens with zero attached hydrogens (tertiary/aromatic N) is 4. The van der Waals surface area contributed by atoms with E-state index in [-0.39, 0.29) is 11.9 Å². The number of carbonyl (C=O) groups is 1. The Morgan fingerprint density at radius 2 is 1.81 bits per heavy atom. The predicted octanol–water partition coefficient (Wildman–Crippen LogP) is 4.34. The highest BCUT2D eigenvalue weighted by Crippen LogP contribution is 2.31. The molecule has 27 heavy (non-hydrogen) atoms. The van der Waals surface area contributed by atoms with Crippen LogP contribution in [0.3, 0.4) is 0 Å². The SMILES string of the molecule is Cc1nc2ccc(C(=O)N3CCCCCC3c3cccn3C)cc2nc1C. The lowest BCUT2D eigenvalue weighted by Crippen LogP contribution is -2.35. The van der Waals surface area contributed by atoms with E-state index in [1.165, 1.54) is 12.1 Å². The first kappa shape index (κ1) is 17.7. The Kier molecular flexibility index (Phi) is 4.68. The molecule has 1 atom stereocenters. The van der Waals surface area contributed by atoms with Gasteiger partial charge in [-0.3, -0.25) is 4.79 Å². The highest BCUT2D eigenvalue weighted by Gasteiger charge is 2.29. The van der Waals surface area contributed by atoms with E-state index in [2.05, 4.69) is 44.8 Å². The molecular weight excluding hydrogens is 336 g/mol. The molecule has 1 aliphatic rings. The summed E-state index contributed by atoms with van der Waals surface area (Å²) in [5.41, 5.74) is 5.36. The van der Waals surface area contributed by atoms with Gasteiger partial charge in [0.1, 0.15) is 0 Å². The van der Waals surface area contributed by atoms with Crippen LogP contribution in [0.1, 0.15) is 59.2 Å². The molecule has 0 radical (unpaired) electrons. The molecule has 1 saturated heterocycles. The first-order valence-electron chi connectivity index (χ1n) is 9.72. The van der Waals surface area contributed by atoms with Crippen LogP contribution < -0.4 is 0 Å². The second-order valence-electron chi connectivity index (χ2n) is 7.51. The fraction of sp³-hybridized carbons (Fsp3) is 0.409. The number of fused-ring (bicyclic) bond motifs is 1. The Hall–Kier alpha value is -2.69. The highest BCUT2D eigenvalue weighted by atomic mass is 16.2. The number of carbonyl (C=O) groups excluding carboxylic acids is 1. The molecule has 2 aromatic heterocycles. The fourth-order valence-corrected chi connectivity index (χ4v) is 4.01. The number of aromatic nitrogens is 3. The van der Waals surface area contributed by atoms with Crippen LogP contribution in [-0.2, 0) is 7.05 Å². The number of amides is 1. The van der Waals surface area contributed by atoms with E-state index in [4.69, 9.17) is 0 Å². The molecule has 1 fully saturated rings. The summed E-state index contributed by atoms with van der Waals surface area (Å²) < 4.78 is 2.13. The minimum Gasteiger partial charge on any atom is -0.353 e. The van der Waals surface area contributed by atoms with Crippen LogP contribution in [0.2, 0.25) is 0 Å². The molecule has 140 valence electrons. The highest BCUT2D eigenvalue weighted by molar-refractivity contribution is 5.97. The predicted molar refractivity (Wildman–Crippen MR) is 107 cm³/mol. The van der Waals surface area contributed by atoms with Crippen molar-refractivity contribution in [3.8, 4) is 0 Å². The fourth-order valence-electron chi connectivity index (χ4n) is 4.01. The zero-order chi connectivity index (χ0) is 19.0. The summed E-state index contributed by atoms with van der Waals surface area (Å²) in [7, 11) is 2.06. The van der Waals surface area contributed by atoms with Gasteiger partial charge in [0, 0.05) is 31.0 Å². The van der Waals surface area contributed by atoms with E-state index in [9.17, 15) is 4.79 Å². The molecule has 0 saturated carbocycles. The molecule has 3 aromatic rings. The van der Waals surface area contributed by atoms with Crippen molar-refractivity contribution in [3.63, 3.8) is 0 Å². The van der Waals surface area contributed by atoms with Gasteiger partial charge in [-0.1, -0.05) is 12.8 Å². The van der Waals surface area contributed by atoms with Gasteiger partial charge in [0.05, 0.1) is 28.5 Å². The van der Waals surface area contributed by atoms with Gasteiger partial charge in [0.2, 0.25) is 0 Å². The Bertz CT molecular complexity index is 991. The van der Waals surface area contributed by atoms with E-state index in [0.717, 1.165) is 48.2 Å². The van der Waals surface area contributed by atoms with E-state index in [1.54, 1.807) is 0 Å². The van der Waals surface area contributed by atoms with Crippen molar-refractivity contribution in [1.29, 1.82) is 0 Å². The number of benzene rings is 1. The van der Waals surface area contributed by atoms with E-state index in [0.29, 0.717) is 5.56 Å². The summed E-state index contributed by atoms with van der Waals surface area (Å²) in [6, 6.07) is 10.0. The van der Waals surface area contributed by atoms with Crippen molar-refractivity contribution < 1.29 is 4.79 Å². The summed E-state index contributed by atoms with van der Waals surface area (Å²) in [6.07, 6.45) is 6.45. The van der Waals surface area contributed by atoms with Crippen LogP contribution in [0, 0.1) is 13.8 Å². The van der Waals surface area contributed by atoms with Gasteiger partial charge >= 0.3 is 0 Å². The number of hydrogen-bond donors (Lipinski definition) is 0. The molecule has 1 amide bonds. The van der Waals surface area contributed by atoms with Crippen molar-refractivity contribution in [1.82, 2.24) is 19.4 Å². The zero-order valence-corrected chi connectivity index (χ0v) is 16.3. The average molecular weight is 362 g/mol. The quantitative estimate of drug-likeness (QED) is 0.681. The van der Waals surface area contributed by atoms with E-state index < -0.39 is 0 Å². The smallest absolute Gasteiger partial charge is 0.254 e. The standard InChI is InChI=1S/C22H26N4O/c1-15-16(2)24-19-14-17(10-11-18(19)23-15)22(27)26-13-6-4-5-8-21(26)20-9-7-12-25(20)3/h7,9-12,14,21H,4-6,8,13H2,1-3H3. The Labute approximate surface area is 160 Å². The van der Waals surface area contributed by atoms with Crippen LogP contribution in [0.5, 0.6) is 0 Å². The molecular formula is C22H26N4O. The summed E-state index contributed by atoms with van der Waals surface area (Å²) >= 11 is 0. The molecule has 5 nitrogen and oxygen atoms in total. The van der Waals surface area contributed by atoms with Gasteiger partial charge < -0.3 is 9.47 Å². The monoisotopic (exact) mass is 362 g/mol. The lowest BCUT2D eigenvalue weighted by atomic mass is 10.0. The molecule has 1 unspecified atom stereocenters. The van der Waals surface area contributed by atoms with E-state index in [1.807, 2.05) is 32.0 Å². The zero-order valence-electron chi connectivity index (χ0n) is 16.3. The van der Waals surface area contributed by atoms with Gasteiger partial charge in [-0.15, -0.1) is 0 Å². The van der Waals surface area contributed by atoms with Crippen LogP contribution in [0.15, 0.2) is 36.5 Å². The van der Waals surface area contributed by atoms with Crippen molar-refractivity contribution in [2.75, 3.05) is 6.54 Å². The van der Waals surface area contributed by atoms with Crippen molar-refractivity contribution >= 4 is 16.9 Å². The lowest BCUT2D eigenvalue weighted by Gasteiger charge is -2.31. The largest absolute Gasteiger partial charge is 0.353 e. The average Bonchev–Trinajstić information content (AvgIpc) is 2.93. The molecule has 5 heteroatoms. The second kappa shape index (κ2) is 7.14. The van der Waals surface area contributed by atoms with Gasteiger partial charge in [-0.2, -0.15) is 0 Å². The molecule has 0 bridgehead atoms. The minimum atomic E-state index is 0.0880. The molecule has 0 aliphatic carbocycles. The van der Waals surface area contributed by atoms with Crippen LogP contribution in [0.4, 0.5) is 0 Å². The van der Waals surface area contributed by atoms with Gasteiger partial charge in [-0.05, 0) is 57.0 Å². The van der Waals surface area contributed by atoms with Crippen LogP contribution >= 0.6 is 0 Å². The molecule has 3 heterocycles. The third-order valence-electron chi connectivity index (χ3n) is 5.66. The summed E-state index contributed by atoms with van der Waals surface area (Å²) in [5, 5.41) is 0. The first-order chi connectivity index (χ1) is 13.0. The molecule has 1 aromatic carbocycles. The molecule has 4 rings (SSSR count). The summed E-state index contributed by atoms with van der Waals surface area (Å²) in [6.45, 7) is 4.71. The first-order valence-corrected chi connectivity index (χ1v) is 9.72. The number of likely N-dealkylation sites (tertiary alicyclic amines) is 1. The Morgan fingerprint density at radius 1 is 1.04 bits per heavy atom. The lowest BCUT2D eigenvalue weighted by molar-refractivity contribution is 0.0674. The Balaban J connectivity index is 1.71. The maximum atomic E-state index is 13.4. The second-order valence-corrected chi connectivity index (χ2v) is 7.51. The molecule has 0 N–H and O–H groups in total. The molecule has 0 spiro atoms. The third kappa shape index (κ3) is 3.34. The minimum absolute atomic E-state index is 0.0880. The maximum Gasteiger partial charge on any atom is 0.254 e. The third-order valence-corrected chi connectivity index (χ3v) is 5.66. The summed E-state index contributed by atoms with van der Waals surface area (Å²) in [5.74, 6) is 0.0880. The van der Waals surface area contributed by atoms with Crippen molar-refractivity contribution in [2.45, 2.75) is 45.6 Å². The van der Waals surface area contributed by atoms with Gasteiger partial charge in [0.25, 0.3) is 5.91 Å². The topological polar surface area (TPSA) is 51.0 Å². The van der Waals surface area contributed by atoms with E-state index >= 15 is 0 Å². The Morgan fingerprint density at radius 3 is 2.56 bits per heavy atom. The van der Waals surface area contributed by atoms with Gasteiger partial charge in [0.15, 0.2) is 0 Å². The number of aryl methyl sites for hydroxylation is 3. The van der Waals surface area contributed by atoms with Gasteiger partial charge in [-0.25, -0.2) is 9.97 Å². The molecule has 1 aliphatic heterocycles. The normalized spacial score (nSPS) is 17.9. The maximum absolute atomic E-state index is 13.4.